The van der Waals surface area contributed by atoms with Crippen molar-refractivity contribution < 1.29 is 9.59 Å². The van der Waals surface area contributed by atoms with E-state index in [1.165, 1.54) is 11.6 Å². The zero-order valence-corrected chi connectivity index (χ0v) is 14.8. The van der Waals surface area contributed by atoms with E-state index in [-0.39, 0.29) is 17.6 Å². The number of para-hydroxylation sites is 1. The predicted molar refractivity (Wildman–Crippen MR) is 98.3 cm³/mol. The highest BCUT2D eigenvalue weighted by molar-refractivity contribution is 7.18. The molecule has 1 aliphatic heterocycles. The molecular formula is C19H19N3O2S. The normalized spacial score (nSPS) is 17.8. The maximum atomic E-state index is 12.8. The zero-order valence-electron chi connectivity index (χ0n) is 14.0. The van der Waals surface area contributed by atoms with Crippen molar-refractivity contribution in [2.24, 2.45) is 0 Å². The number of fused-ring (bicyclic) bond motifs is 1. The third-order valence-corrected chi connectivity index (χ3v) is 5.89. The summed E-state index contributed by atoms with van der Waals surface area (Å²) in [6.45, 7) is 2.92. The minimum atomic E-state index is -0.0432. The molecule has 1 amide bonds. The number of benzene rings is 1. The minimum Gasteiger partial charge on any atom is -0.356 e. The van der Waals surface area contributed by atoms with Crippen LogP contribution < -0.4 is 0 Å². The fraction of sp³-hybridized carbons (Fsp3) is 0.316. The van der Waals surface area contributed by atoms with Gasteiger partial charge in [-0.25, -0.2) is 4.98 Å². The molecular weight excluding hydrogens is 334 g/mol. The van der Waals surface area contributed by atoms with Crippen molar-refractivity contribution in [1.82, 2.24) is 14.9 Å². The molecule has 0 aliphatic carbocycles. The number of ketones is 1. The van der Waals surface area contributed by atoms with Crippen LogP contribution in [0.5, 0.6) is 0 Å². The first-order valence-corrected chi connectivity index (χ1v) is 9.27. The molecule has 1 fully saturated rings. The van der Waals surface area contributed by atoms with E-state index in [1.807, 2.05) is 23.1 Å². The third kappa shape index (κ3) is 3.09. The molecule has 1 unspecified atom stereocenters. The Labute approximate surface area is 149 Å². The number of aromatic nitrogens is 2. The molecule has 0 bridgehead atoms. The van der Waals surface area contributed by atoms with Crippen LogP contribution in [0.1, 0.15) is 51.5 Å². The highest BCUT2D eigenvalue weighted by atomic mass is 32.1. The van der Waals surface area contributed by atoms with E-state index in [0.717, 1.165) is 29.9 Å². The van der Waals surface area contributed by atoms with Crippen LogP contribution in [-0.2, 0) is 0 Å². The molecule has 0 spiro atoms. The summed E-state index contributed by atoms with van der Waals surface area (Å²) in [4.78, 5) is 33.7. The number of amides is 1. The van der Waals surface area contributed by atoms with E-state index in [2.05, 4.69) is 11.1 Å². The topological polar surface area (TPSA) is 66.1 Å². The monoisotopic (exact) mass is 353 g/mol. The highest BCUT2D eigenvalue weighted by Crippen LogP contribution is 2.33. The Bertz CT molecular complexity index is 910. The number of piperidine rings is 1. The Balaban J connectivity index is 1.53. The van der Waals surface area contributed by atoms with Gasteiger partial charge in [0.2, 0.25) is 0 Å². The lowest BCUT2D eigenvalue weighted by Crippen LogP contribution is -2.39. The maximum absolute atomic E-state index is 12.8. The van der Waals surface area contributed by atoms with Gasteiger partial charge in [0, 0.05) is 30.8 Å². The van der Waals surface area contributed by atoms with Gasteiger partial charge in [-0.1, -0.05) is 12.1 Å². The molecule has 3 aromatic rings. The Morgan fingerprint density at radius 3 is 2.92 bits per heavy atom. The summed E-state index contributed by atoms with van der Waals surface area (Å²) in [7, 11) is 0. The van der Waals surface area contributed by atoms with Gasteiger partial charge in [-0.3, -0.25) is 9.59 Å². The molecule has 1 aromatic carbocycles. The molecule has 5 nitrogen and oxygen atoms in total. The van der Waals surface area contributed by atoms with E-state index < -0.39 is 0 Å². The number of thiazole rings is 1. The number of nitrogens with one attached hydrogen (secondary N) is 1. The number of hydrogen-bond acceptors (Lipinski definition) is 4. The molecule has 1 aliphatic rings. The second-order valence-corrected chi connectivity index (χ2v) is 7.53. The summed E-state index contributed by atoms with van der Waals surface area (Å²) in [6, 6.07) is 9.79. The van der Waals surface area contributed by atoms with Crippen LogP contribution in [0.25, 0.3) is 10.2 Å². The van der Waals surface area contributed by atoms with Gasteiger partial charge >= 0.3 is 0 Å². The van der Waals surface area contributed by atoms with Crippen molar-refractivity contribution in [2.45, 2.75) is 25.7 Å². The zero-order chi connectivity index (χ0) is 17.4. The van der Waals surface area contributed by atoms with Crippen molar-refractivity contribution >= 4 is 33.2 Å². The predicted octanol–water partition coefficient (Wildman–Crippen LogP) is 3.85. The molecule has 4 rings (SSSR count). The maximum Gasteiger partial charge on any atom is 0.270 e. The lowest BCUT2D eigenvalue weighted by Gasteiger charge is -2.31. The van der Waals surface area contributed by atoms with E-state index in [4.69, 9.17) is 4.98 Å². The molecule has 1 atom stereocenters. The van der Waals surface area contributed by atoms with E-state index in [1.54, 1.807) is 23.6 Å². The van der Waals surface area contributed by atoms with Gasteiger partial charge in [0.1, 0.15) is 5.69 Å². The lowest BCUT2D eigenvalue weighted by molar-refractivity contribution is 0.0702. The summed E-state index contributed by atoms with van der Waals surface area (Å²) in [5, 5.41) is 1.11. The second kappa shape index (κ2) is 6.44. The average molecular weight is 353 g/mol. The van der Waals surface area contributed by atoms with Crippen LogP contribution in [-0.4, -0.2) is 39.6 Å². The first-order valence-electron chi connectivity index (χ1n) is 8.46. The van der Waals surface area contributed by atoms with E-state index >= 15 is 0 Å². The fourth-order valence-electron chi connectivity index (χ4n) is 3.32. The summed E-state index contributed by atoms with van der Waals surface area (Å²) < 4.78 is 1.19. The van der Waals surface area contributed by atoms with Crippen molar-refractivity contribution in [3.05, 3.63) is 52.8 Å². The molecule has 1 N–H and O–H groups in total. The number of aromatic amines is 1. The molecule has 128 valence electrons. The number of rotatable bonds is 3. The molecule has 25 heavy (non-hydrogen) atoms. The Morgan fingerprint density at radius 2 is 2.16 bits per heavy atom. The van der Waals surface area contributed by atoms with Crippen LogP contribution >= 0.6 is 11.3 Å². The van der Waals surface area contributed by atoms with Crippen LogP contribution in [0, 0.1) is 0 Å². The Morgan fingerprint density at radius 1 is 1.32 bits per heavy atom. The van der Waals surface area contributed by atoms with Gasteiger partial charge in [-0.2, -0.15) is 0 Å². The lowest BCUT2D eigenvalue weighted by atomic mass is 9.98. The van der Waals surface area contributed by atoms with Crippen molar-refractivity contribution in [3.63, 3.8) is 0 Å². The van der Waals surface area contributed by atoms with E-state index in [9.17, 15) is 9.59 Å². The number of H-pyrrole nitrogens is 1. The quantitative estimate of drug-likeness (QED) is 0.728. The molecule has 1 saturated heterocycles. The fourth-order valence-corrected chi connectivity index (χ4v) is 4.41. The first-order chi connectivity index (χ1) is 12.1. The van der Waals surface area contributed by atoms with Gasteiger partial charge in [0.15, 0.2) is 5.78 Å². The SMILES string of the molecule is CC(=O)c1c[nH]c(C(=O)N2CCCC(c3nc4ccccc4s3)C2)c1. The van der Waals surface area contributed by atoms with Gasteiger partial charge in [-0.05, 0) is 38.0 Å². The number of likely N-dealkylation sites (tertiary alicyclic amines) is 1. The minimum absolute atomic E-state index is 0.0405. The van der Waals surface area contributed by atoms with Crippen LogP contribution in [0.3, 0.4) is 0 Å². The summed E-state index contributed by atoms with van der Waals surface area (Å²) in [6.07, 6.45) is 3.62. The van der Waals surface area contributed by atoms with Crippen LogP contribution in [0.15, 0.2) is 36.5 Å². The number of carbonyl (C=O) groups is 2. The number of Topliss-reactive ketones (excluding diaryl/α,β-unsaturated/α-hetero) is 1. The third-order valence-electron chi connectivity index (χ3n) is 4.69. The van der Waals surface area contributed by atoms with Crippen molar-refractivity contribution in [2.75, 3.05) is 13.1 Å². The highest BCUT2D eigenvalue weighted by Gasteiger charge is 2.28. The van der Waals surface area contributed by atoms with Crippen LogP contribution in [0.2, 0.25) is 0 Å². The number of carbonyl (C=O) groups excluding carboxylic acids is 2. The first kappa shape index (κ1) is 16.0. The molecule has 0 radical (unpaired) electrons. The number of hydrogen-bond donors (Lipinski definition) is 1. The molecule has 3 heterocycles. The van der Waals surface area contributed by atoms with Crippen molar-refractivity contribution in [3.8, 4) is 0 Å². The Kier molecular flexibility index (Phi) is 4.13. The molecule has 2 aromatic heterocycles. The summed E-state index contributed by atoms with van der Waals surface area (Å²) in [5.41, 5.74) is 2.06. The molecule has 6 heteroatoms. The molecule has 0 saturated carbocycles. The van der Waals surface area contributed by atoms with Gasteiger partial charge in [0.05, 0.1) is 15.2 Å². The van der Waals surface area contributed by atoms with Gasteiger partial charge in [-0.15, -0.1) is 11.3 Å². The summed E-state index contributed by atoms with van der Waals surface area (Å²) in [5.74, 6) is 0.192. The van der Waals surface area contributed by atoms with Gasteiger partial charge in [0.25, 0.3) is 5.91 Å². The van der Waals surface area contributed by atoms with Crippen molar-refractivity contribution in [1.29, 1.82) is 0 Å². The summed E-state index contributed by atoms with van der Waals surface area (Å²) >= 11 is 1.72. The smallest absolute Gasteiger partial charge is 0.270 e. The standard InChI is InChI=1S/C19H19N3O2S/c1-12(23)14-9-16(20-10-14)19(24)22-8-4-5-13(11-22)18-21-15-6-2-3-7-17(15)25-18/h2-3,6-7,9-10,13,20H,4-5,8,11H2,1H3. The van der Waals surface area contributed by atoms with Crippen LogP contribution in [0.4, 0.5) is 0 Å². The second-order valence-electron chi connectivity index (χ2n) is 6.47. The number of nitrogens with zero attached hydrogens (tertiary/aromatic N) is 2. The van der Waals surface area contributed by atoms with E-state index in [0.29, 0.717) is 17.8 Å². The van der Waals surface area contributed by atoms with Gasteiger partial charge < -0.3 is 9.88 Å². The Hall–Kier alpha value is -2.47. The largest absolute Gasteiger partial charge is 0.356 e. The average Bonchev–Trinajstić information content (AvgIpc) is 3.28.